The first kappa shape index (κ1) is 17.0. The third kappa shape index (κ3) is 5.07. The number of carboxylic acid groups (broad SMARTS) is 1. The topological polar surface area (TPSA) is 92.4 Å². The first-order chi connectivity index (χ1) is 9.61. The van der Waals surface area contributed by atoms with E-state index in [-0.39, 0.29) is 18.2 Å². The van der Waals surface area contributed by atoms with Crippen LogP contribution in [0.15, 0.2) is 18.2 Å². The van der Waals surface area contributed by atoms with Crippen molar-refractivity contribution in [3.05, 3.63) is 29.3 Å². The third-order valence-corrected chi connectivity index (χ3v) is 2.68. The summed E-state index contributed by atoms with van der Waals surface area (Å²) in [6.07, 6.45) is -4.29. The summed E-state index contributed by atoms with van der Waals surface area (Å²) in [6, 6.07) is 1.83. The summed E-state index contributed by atoms with van der Waals surface area (Å²) < 4.78 is 37.8. The molecule has 0 saturated carbocycles. The van der Waals surface area contributed by atoms with E-state index >= 15 is 0 Å². The highest BCUT2D eigenvalue weighted by Crippen LogP contribution is 2.32. The Morgan fingerprint density at radius 3 is 2.48 bits per heavy atom. The lowest BCUT2D eigenvalue weighted by Gasteiger charge is -2.13. The van der Waals surface area contributed by atoms with Crippen LogP contribution in [0.1, 0.15) is 35.7 Å². The maximum Gasteiger partial charge on any atom is 0.416 e. The Kier molecular flexibility index (Phi) is 5.31. The summed E-state index contributed by atoms with van der Waals surface area (Å²) >= 11 is 0. The molecule has 1 aromatic carbocycles. The van der Waals surface area contributed by atoms with Crippen LogP contribution in [0.5, 0.6) is 0 Å². The fourth-order valence-corrected chi connectivity index (χ4v) is 1.58. The fourth-order valence-electron chi connectivity index (χ4n) is 1.58. The predicted octanol–water partition coefficient (Wildman–Crippen LogP) is 2.47. The van der Waals surface area contributed by atoms with Gasteiger partial charge in [-0.3, -0.25) is 4.79 Å². The molecule has 5 nitrogen and oxygen atoms in total. The molecular weight excluding hydrogens is 289 g/mol. The van der Waals surface area contributed by atoms with Gasteiger partial charge in [-0.25, -0.2) is 4.79 Å². The van der Waals surface area contributed by atoms with Gasteiger partial charge in [0.1, 0.15) is 0 Å². The molecule has 21 heavy (non-hydrogen) atoms. The second-order valence-corrected chi connectivity index (χ2v) is 4.63. The Morgan fingerprint density at radius 1 is 1.38 bits per heavy atom. The first-order valence-corrected chi connectivity index (χ1v) is 6.11. The highest BCUT2D eigenvalue weighted by Gasteiger charge is 2.31. The summed E-state index contributed by atoms with van der Waals surface area (Å²) in [5.41, 5.74) is 3.65. The molecule has 0 aliphatic rings. The van der Waals surface area contributed by atoms with Crippen molar-refractivity contribution in [1.29, 1.82) is 0 Å². The monoisotopic (exact) mass is 304 g/mol. The normalized spacial score (nSPS) is 12.8. The Labute approximate surface area is 118 Å². The van der Waals surface area contributed by atoms with Gasteiger partial charge in [0, 0.05) is 12.5 Å². The maximum absolute atomic E-state index is 12.6. The maximum atomic E-state index is 12.6. The van der Waals surface area contributed by atoms with E-state index in [1.54, 1.807) is 6.92 Å². The molecule has 0 saturated heterocycles. The van der Waals surface area contributed by atoms with Gasteiger partial charge in [-0.2, -0.15) is 13.2 Å². The number of amides is 1. The molecule has 4 N–H and O–H groups in total. The van der Waals surface area contributed by atoms with Crippen LogP contribution >= 0.6 is 0 Å². The van der Waals surface area contributed by atoms with E-state index in [4.69, 9.17) is 10.8 Å². The zero-order chi connectivity index (χ0) is 16.2. The predicted molar refractivity (Wildman–Crippen MR) is 69.9 cm³/mol. The van der Waals surface area contributed by atoms with E-state index < -0.39 is 29.2 Å². The van der Waals surface area contributed by atoms with Gasteiger partial charge in [0.2, 0.25) is 5.91 Å². The minimum Gasteiger partial charge on any atom is -0.478 e. The standard InChI is InChI=1S/C13H15F3N2O3/c1-7(17)2-5-11(19)18-10-6-8(13(14,15)16)3-4-9(10)12(20)21/h3-4,6-7H,2,5,17H2,1H3,(H,18,19)(H,20,21). The van der Waals surface area contributed by atoms with Crippen LogP contribution in [-0.2, 0) is 11.0 Å². The third-order valence-electron chi connectivity index (χ3n) is 2.68. The number of carboxylic acids is 1. The molecule has 0 aliphatic carbocycles. The number of carbonyl (C=O) groups is 2. The number of rotatable bonds is 5. The quantitative estimate of drug-likeness (QED) is 0.779. The van der Waals surface area contributed by atoms with Crippen LogP contribution in [0.3, 0.4) is 0 Å². The number of nitrogens with one attached hydrogen (secondary N) is 1. The van der Waals surface area contributed by atoms with Crippen LogP contribution in [0, 0.1) is 0 Å². The van der Waals surface area contributed by atoms with Crippen molar-refractivity contribution in [3.8, 4) is 0 Å². The minimum atomic E-state index is -4.62. The van der Waals surface area contributed by atoms with Crippen molar-refractivity contribution < 1.29 is 27.9 Å². The van der Waals surface area contributed by atoms with Gasteiger partial charge in [0.25, 0.3) is 0 Å². The second-order valence-electron chi connectivity index (χ2n) is 4.63. The molecule has 1 amide bonds. The first-order valence-electron chi connectivity index (χ1n) is 6.11. The fraction of sp³-hybridized carbons (Fsp3) is 0.385. The number of hydrogen-bond donors (Lipinski definition) is 3. The van der Waals surface area contributed by atoms with Crippen LogP contribution < -0.4 is 11.1 Å². The largest absolute Gasteiger partial charge is 0.478 e. The van der Waals surface area contributed by atoms with Gasteiger partial charge in [0.05, 0.1) is 16.8 Å². The summed E-state index contributed by atoms with van der Waals surface area (Å²) in [6.45, 7) is 1.68. The molecule has 1 rings (SSSR count). The van der Waals surface area contributed by atoms with Crippen molar-refractivity contribution in [2.75, 3.05) is 5.32 Å². The van der Waals surface area contributed by atoms with E-state index in [2.05, 4.69) is 5.32 Å². The second kappa shape index (κ2) is 6.57. The number of alkyl halides is 3. The summed E-state index contributed by atoms with van der Waals surface area (Å²) in [4.78, 5) is 22.6. The van der Waals surface area contributed by atoms with Crippen molar-refractivity contribution in [2.24, 2.45) is 5.73 Å². The Balaban J connectivity index is 3.01. The molecule has 0 heterocycles. The van der Waals surface area contributed by atoms with E-state index in [9.17, 15) is 22.8 Å². The molecule has 116 valence electrons. The molecule has 0 radical (unpaired) electrons. The molecule has 1 atom stereocenters. The van der Waals surface area contributed by atoms with Crippen LogP contribution in [-0.4, -0.2) is 23.0 Å². The van der Waals surface area contributed by atoms with E-state index in [1.807, 2.05) is 0 Å². The molecule has 8 heteroatoms. The zero-order valence-electron chi connectivity index (χ0n) is 11.2. The summed E-state index contributed by atoms with van der Waals surface area (Å²) in [7, 11) is 0. The number of halogens is 3. The zero-order valence-corrected chi connectivity index (χ0v) is 11.2. The van der Waals surface area contributed by atoms with Crippen molar-refractivity contribution in [2.45, 2.75) is 32.0 Å². The molecule has 1 unspecified atom stereocenters. The van der Waals surface area contributed by atoms with Gasteiger partial charge < -0.3 is 16.2 Å². The average molecular weight is 304 g/mol. The van der Waals surface area contributed by atoms with Gasteiger partial charge in [0.15, 0.2) is 0 Å². The number of carbonyl (C=O) groups excluding carboxylic acids is 1. The van der Waals surface area contributed by atoms with Crippen molar-refractivity contribution >= 4 is 17.6 Å². The number of benzene rings is 1. The van der Waals surface area contributed by atoms with Crippen molar-refractivity contribution in [1.82, 2.24) is 0 Å². The number of aromatic carboxylic acids is 1. The van der Waals surface area contributed by atoms with E-state index in [0.29, 0.717) is 18.6 Å². The Hall–Kier alpha value is -2.09. The van der Waals surface area contributed by atoms with Crippen LogP contribution in [0.25, 0.3) is 0 Å². The molecule has 0 fully saturated rings. The van der Waals surface area contributed by atoms with Gasteiger partial charge in [-0.05, 0) is 31.5 Å². The lowest BCUT2D eigenvalue weighted by atomic mass is 10.1. The highest BCUT2D eigenvalue weighted by atomic mass is 19.4. The highest BCUT2D eigenvalue weighted by molar-refractivity contribution is 6.00. The van der Waals surface area contributed by atoms with Gasteiger partial charge >= 0.3 is 12.1 Å². The minimum absolute atomic E-state index is 0.00697. The number of hydrogen-bond acceptors (Lipinski definition) is 3. The Morgan fingerprint density at radius 2 is 2.00 bits per heavy atom. The lowest BCUT2D eigenvalue weighted by Crippen LogP contribution is -2.20. The molecular formula is C13H15F3N2O3. The van der Waals surface area contributed by atoms with Crippen molar-refractivity contribution in [3.63, 3.8) is 0 Å². The average Bonchev–Trinajstić information content (AvgIpc) is 2.34. The van der Waals surface area contributed by atoms with Gasteiger partial charge in [-0.1, -0.05) is 0 Å². The Bertz CT molecular complexity index is 542. The van der Waals surface area contributed by atoms with Gasteiger partial charge in [-0.15, -0.1) is 0 Å². The van der Waals surface area contributed by atoms with Crippen LogP contribution in [0.4, 0.5) is 18.9 Å². The smallest absolute Gasteiger partial charge is 0.416 e. The molecule has 0 aromatic heterocycles. The molecule has 1 aromatic rings. The number of anilines is 1. The molecule has 0 aliphatic heterocycles. The SMILES string of the molecule is CC(N)CCC(=O)Nc1cc(C(F)(F)F)ccc1C(=O)O. The lowest BCUT2D eigenvalue weighted by molar-refractivity contribution is -0.137. The summed E-state index contributed by atoms with van der Waals surface area (Å²) in [5.74, 6) is -2.01. The van der Waals surface area contributed by atoms with E-state index in [1.165, 1.54) is 0 Å². The number of nitrogens with two attached hydrogens (primary N) is 1. The van der Waals surface area contributed by atoms with E-state index in [0.717, 1.165) is 6.07 Å². The summed E-state index contributed by atoms with van der Waals surface area (Å²) in [5, 5.41) is 11.1. The molecule has 0 spiro atoms. The van der Waals surface area contributed by atoms with Crippen LogP contribution in [0.2, 0.25) is 0 Å². The molecule has 0 bridgehead atoms.